The fourth-order valence-electron chi connectivity index (χ4n) is 2.18. The Labute approximate surface area is 114 Å². The van der Waals surface area contributed by atoms with Crippen molar-refractivity contribution in [2.75, 3.05) is 39.4 Å². The predicted molar refractivity (Wildman–Crippen MR) is 75.3 cm³/mol. The van der Waals surface area contributed by atoms with Gasteiger partial charge in [-0.1, -0.05) is 18.2 Å². The van der Waals surface area contributed by atoms with Crippen molar-refractivity contribution in [3.8, 4) is 0 Å². The number of nitrogens with zero attached hydrogens (tertiary/aromatic N) is 1. The van der Waals surface area contributed by atoms with Crippen molar-refractivity contribution in [1.29, 1.82) is 0 Å². The lowest BCUT2D eigenvalue weighted by atomic mass is 10.2. The number of rotatable bonds is 6. The summed E-state index contributed by atoms with van der Waals surface area (Å²) in [5, 5.41) is 2.95. The largest absolute Gasteiger partial charge is 0.379 e. The molecule has 104 valence electrons. The molecule has 1 aliphatic heterocycles. The highest BCUT2D eigenvalue weighted by molar-refractivity contribution is 5.94. The van der Waals surface area contributed by atoms with Gasteiger partial charge in [0.25, 0.3) is 5.91 Å². The van der Waals surface area contributed by atoms with Gasteiger partial charge in [0.15, 0.2) is 0 Å². The van der Waals surface area contributed by atoms with Crippen LogP contribution in [0.2, 0.25) is 0 Å². The Morgan fingerprint density at radius 3 is 2.63 bits per heavy atom. The number of morpholine rings is 1. The Morgan fingerprint density at radius 1 is 1.16 bits per heavy atom. The summed E-state index contributed by atoms with van der Waals surface area (Å²) < 4.78 is 5.31. The van der Waals surface area contributed by atoms with Gasteiger partial charge in [-0.3, -0.25) is 9.69 Å². The summed E-state index contributed by atoms with van der Waals surface area (Å²) in [5.41, 5.74) is 0.732. The van der Waals surface area contributed by atoms with Gasteiger partial charge in [-0.05, 0) is 31.5 Å². The summed E-state index contributed by atoms with van der Waals surface area (Å²) >= 11 is 0. The average Bonchev–Trinajstić information content (AvgIpc) is 2.49. The third-order valence-electron chi connectivity index (χ3n) is 3.33. The fourth-order valence-corrected chi connectivity index (χ4v) is 2.18. The Hall–Kier alpha value is -1.39. The van der Waals surface area contributed by atoms with Crippen LogP contribution in [0.3, 0.4) is 0 Å². The molecule has 19 heavy (non-hydrogen) atoms. The molecule has 0 saturated carbocycles. The zero-order valence-electron chi connectivity index (χ0n) is 11.3. The summed E-state index contributed by atoms with van der Waals surface area (Å²) in [6.07, 6.45) is 2.14. The van der Waals surface area contributed by atoms with Gasteiger partial charge in [-0.15, -0.1) is 0 Å². The van der Waals surface area contributed by atoms with E-state index in [0.29, 0.717) is 0 Å². The number of carbonyl (C=O) groups is 1. The van der Waals surface area contributed by atoms with Crippen molar-refractivity contribution in [2.45, 2.75) is 12.8 Å². The first kappa shape index (κ1) is 14.0. The Bertz CT molecular complexity index is 375. The Balaban J connectivity index is 1.55. The molecule has 1 aromatic rings. The molecular weight excluding hydrogens is 240 g/mol. The molecule has 1 amide bonds. The van der Waals surface area contributed by atoms with Crippen molar-refractivity contribution in [3.63, 3.8) is 0 Å². The molecule has 1 aliphatic rings. The van der Waals surface area contributed by atoms with E-state index in [0.717, 1.165) is 57.8 Å². The van der Waals surface area contributed by atoms with E-state index in [1.807, 2.05) is 30.3 Å². The lowest BCUT2D eigenvalue weighted by Gasteiger charge is -2.26. The maximum Gasteiger partial charge on any atom is 0.251 e. The highest BCUT2D eigenvalue weighted by Crippen LogP contribution is 2.01. The minimum atomic E-state index is 0.0203. The van der Waals surface area contributed by atoms with E-state index in [9.17, 15) is 4.79 Å². The number of ether oxygens (including phenoxy) is 1. The van der Waals surface area contributed by atoms with E-state index in [4.69, 9.17) is 4.74 Å². The molecule has 0 aliphatic carbocycles. The van der Waals surface area contributed by atoms with Gasteiger partial charge < -0.3 is 10.1 Å². The summed E-state index contributed by atoms with van der Waals surface area (Å²) in [6, 6.07) is 9.35. The molecule has 0 radical (unpaired) electrons. The fraction of sp³-hybridized carbons (Fsp3) is 0.533. The van der Waals surface area contributed by atoms with Crippen LogP contribution in [-0.4, -0.2) is 50.2 Å². The van der Waals surface area contributed by atoms with Crippen LogP contribution in [0.5, 0.6) is 0 Å². The first-order valence-electron chi connectivity index (χ1n) is 6.99. The molecule has 0 bridgehead atoms. The molecule has 0 spiro atoms. The van der Waals surface area contributed by atoms with Crippen LogP contribution in [0.4, 0.5) is 0 Å². The molecular formula is C15H22N2O2. The average molecular weight is 262 g/mol. The van der Waals surface area contributed by atoms with E-state index in [1.54, 1.807) is 0 Å². The van der Waals surface area contributed by atoms with Gasteiger partial charge in [0.2, 0.25) is 0 Å². The van der Waals surface area contributed by atoms with Crippen molar-refractivity contribution in [2.24, 2.45) is 0 Å². The van der Waals surface area contributed by atoms with Crippen LogP contribution >= 0.6 is 0 Å². The minimum absolute atomic E-state index is 0.0203. The number of unbranched alkanes of at least 4 members (excludes halogenated alkanes) is 1. The van der Waals surface area contributed by atoms with Gasteiger partial charge in [0, 0.05) is 25.2 Å². The third kappa shape index (κ3) is 5.01. The molecule has 1 aromatic carbocycles. The quantitative estimate of drug-likeness (QED) is 0.791. The predicted octanol–water partition coefficient (Wildman–Crippen LogP) is 1.53. The van der Waals surface area contributed by atoms with E-state index < -0.39 is 0 Å². The topological polar surface area (TPSA) is 41.6 Å². The molecule has 1 saturated heterocycles. The molecule has 1 heterocycles. The van der Waals surface area contributed by atoms with Crippen molar-refractivity contribution in [3.05, 3.63) is 35.9 Å². The molecule has 0 aromatic heterocycles. The third-order valence-corrected chi connectivity index (χ3v) is 3.33. The SMILES string of the molecule is O=C(NCCCCN1CCOCC1)c1ccccc1. The molecule has 0 unspecified atom stereocenters. The second-order valence-corrected chi connectivity index (χ2v) is 4.78. The van der Waals surface area contributed by atoms with E-state index in [-0.39, 0.29) is 5.91 Å². The second kappa shape index (κ2) is 7.92. The molecule has 4 nitrogen and oxygen atoms in total. The number of benzene rings is 1. The number of amides is 1. The maximum atomic E-state index is 11.8. The number of nitrogens with one attached hydrogen (secondary N) is 1. The molecule has 0 atom stereocenters. The first-order valence-corrected chi connectivity index (χ1v) is 6.99. The summed E-state index contributed by atoms with van der Waals surface area (Å²) in [4.78, 5) is 14.2. The summed E-state index contributed by atoms with van der Waals surface area (Å²) in [5.74, 6) is 0.0203. The number of carbonyl (C=O) groups excluding carboxylic acids is 1. The van der Waals surface area contributed by atoms with Gasteiger partial charge >= 0.3 is 0 Å². The molecule has 1 N–H and O–H groups in total. The Kier molecular flexibility index (Phi) is 5.85. The van der Waals surface area contributed by atoms with Crippen molar-refractivity contribution < 1.29 is 9.53 Å². The van der Waals surface area contributed by atoms with Gasteiger partial charge in [0.05, 0.1) is 13.2 Å². The lowest BCUT2D eigenvalue weighted by molar-refractivity contribution is 0.0372. The normalized spacial score (nSPS) is 16.2. The van der Waals surface area contributed by atoms with Crippen LogP contribution in [0.1, 0.15) is 23.2 Å². The van der Waals surface area contributed by atoms with Crippen LogP contribution in [-0.2, 0) is 4.74 Å². The minimum Gasteiger partial charge on any atom is -0.379 e. The van der Waals surface area contributed by atoms with E-state index >= 15 is 0 Å². The monoisotopic (exact) mass is 262 g/mol. The van der Waals surface area contributed by atoms with Crippen LogP contribution in [0.25, 0.3) is 0 Å². The molecule has 4 heteroatoms. The van der Waals surface area contributed by atoms with Crippen LogP contribution in [0.15, 0.2) is 30.3 Å². The van der Waals surface area contributed by atoms with Crippen molar-refractivity contribution >= 4 is 5.91 Å². The zero-order chi connectivity index (χ0) is 13.3. The van der Waals surface area contributed by atoms with E-state index in [1.165, 1.54) is 0 Å². The summed E-state index contributed by atoms with van der Waals surface area (Å²) in [6.45, 7) is 5.63. The van der Waals surface area contributed by atoms with Gasteiger partial charge in [0.1, 0.15) is 0 Å². The van der Waals surface area contributed by atoms with Gasteiger partial charge in [-0.25, -0.2) is 0 Å². The highest BCUT2D eigenvalue weighted by atomic mass is 16.5. The lowest BCUT2D eigenvalue weighted by Crippen LogP contribution is -2.37. The van der Waals surface area contributed by atoms with Crippen molar-refractivity contribution in [1.82, 2.24) is 10.2 Å². The van der Waals surface area contributed by atoms with Gasteiger partial charge in [-0.2, -0.15) is 0 Å². The summed E-state index contributed by atoms with van der Waals surface area (Å²) in [7, 11) is 0. The number of hydrogen-bond donors (Lipinski definition) is 1. The maximum absolute atomic E-state index is 11.8. The Morgan fingerprint density at radius 2 is 1.89 bits per heavy atom. The number of hydrogen-bond acceptors (Lipinski definition) is 3. The smallest absolute Gasteiger partial charge is 0.251 e. The standard InChI is InChI=1S/C15H22N2O2/c18-15(14-6-2-1-3-7-14)16-8-4-5-9-17-10-12-19-13-11-17/h1-3,6-7H,4-5,8-13H2,(H,16,18). The molecule has 2 rings (SSSR count). The van der Waals surface area contributed by atoms with Crippen LogP contribution in [0, 0.1) is 0 Å². The first-order chi connectivity index (χ1) is 9.36. The van der Waals surface area contributed by atoms with E-state index in [2.05, 4.69) is 10.2 Å². The highest BCUT2D eigenvalue weighted by Gasteiger charge is 2.09. The zero-order valence-corrected chi connectivity index (χ0v) is 11.3. The molecule has 1 fully saturated rings. The second-order valence-electron chi connectivity index (χ2n) is 4.78. The van der Waals surface area contributed by atoms with Crippen LogP contribution < -0.4 is 5.32 Å².